The molecule has 0 unspecified atom stereocenters. The van der Waals surface area contributed by atoms with Crippen LogP contribution in [0.2, 0.25) is 0 Å². The number of likely N-dealkylation sites (tertiary alicyclic amines) is 1. The van der Waals surface area contributed by atoms with Crippen molar-refractivity contribution in [3.05, 3.63) is 59.1 Å². The molecule has 0 aliphatic carbocycles. The molecule has 0 saturated carbocycles. The number of aromatic nitrogens is 1. The zero-order valence-corrected chi connectivity index (χ0v) is 14.3. The normalized spacial score (nSPS) is 17.4. The van der Waals surface area contributed by atoms with Crippen LogP contribution in [-0.2, 0) is 0 Å². The first-order valence-corrected chi connectivity index (χ1v) is 8.88. The van der Waals surface area contributed by atoms with Crippen molar-refractivity contribution in [3.8, 4) is 5.75 Å². The Bertz CT molecular complexity index is 857. The SMILES string of the molecule is COc1cccc(C(=O)N2CCC[C@@H]2c2nc3ccccc3s2)c1. The van der Waals surface area contributed by atoms with Crippen LogP contribution in [0.5, 0.6) is 5.75 Å². The van der Waals surface area contributed by atoms with E-state index in [0.29, 0.717) is 11.3 Å². The fourth-order valence-corrected chi connectivity index (χ4v) is 4.34. The number of hydrogen-bond donors (Lipinski definition) is 0. The Balaban J connectivity index is 1.65. The smallest absolute Gasteiger partial charge is 0.254 e. The lowest BCUT2D eigenvalue weighted by Crippen LogP contribution is -2.30. The standard InChI is InChI=1S/C19H18N2O2S/c1-23-14-7-4-6-13(12-14)19(22)21-11-5-9-16(21)18-20-15-8-2-3-10-17(15)24-18/h2-4,6-8,10,12,16H,5,9,11H2,1H3/t16-/m1/s1. The lowest BCUT2D eigenvalue weighted by Gasteiger charge is -2.23. The maximum atomic E-state index is 13.0. The van der Waals surface area contributed by atoms with Crippen LogP contribution in [0.4, 0.5) is 0 Å². The Morgan fingerprint density at radius 1 is 1.25 bits per heavy atom. The fourth-order valence-electron chi connectivity index (χ4n) is 3.22. The summed E-state index contributed by atoms with van der Waals surface area (Å²) in [6, 6.07) is 15.6. The summed E-state index contributed by atoms with van der Waals surface area (Å²) in [4.78, 5) is 19.7. The van der Waals surface area contributed by atoms with Gasteiger partial charge < -0.3 is 9.64 Å². The van der Waals surface area contributed by atoms with E-state index >= 15 is 0 Å². The highest BCUT2D eigenvalue weighted by Crippen LogP contribution is 2.37. The Hall–Kier alpha value is -2.40. The lowest BCUT2D eigenvalue weighted by molar-refractivity contribution is 0.0735. The van der Waals surface area contributed by atoms with E-state index in [2.05, 4.69) is 6.07 Å². The summed E-state index contributed by atoms with van der Waals surface area (Å²) < 4.78 is 6.41. The van der Waals surface area contributed by atoms with Gasteiger partial charge in [-0.05, 0) is 43.2 Å². The average Bonchev–Trinajstić information content (AvgIpc) is 3.27. The van der Waals surface area contributed by atoms with Gasteiger partial charge in [0.25, 0.3) is 5.91 Å². The van der Waals surface area contributed by atoms with Crippen molar-refractivity contribution in [3.63, 3.8) is 0 Å². The van der Waals surface area contributed by atoms with E-state index in [0.717, 1.165) is 29.9 Å². The number of carbonyl (C=O) groups excluding carboxylic acids is 1. The van der Waals surface area contributed by atoms with Crippen molar-refractivity contribution in [1.82, 2.24) is 9.88 Å². The minimum absolute atomic E-state index is 0.0515. The number of hydrogen-bond acceptors (Lipinski definition) is 4. The highest BCUT2D eigenvalue weighted by Gasteiger charge is 2.32. The molecule has 0 radical (unpaired) electrons. The Morgan fingerprint density at radius 2 is 2.12 bits per heavy atom. The quantitative estimate of drug-likeness (QED) is 0.716. The van der Waals surface area contributed by atoms with Gasteiger partial charge >= 0.3 is 0 Å². The van der Waals surface area contributed by atoms with Crippen LogP contribution in [0, 0.1) is 0 Å². The van der Waals surface area contributed by atoms with E-state index < -0.39 is 0 Å². The molecule has 1 aromatic heterocycles. The largest absolute Gasteiger partial charge is 0.497 e. The number of rotatable bonds is 3. The van der Waals surface area contributed by atoms with Gasteiger partial charge in [-0.2, -0.15) is 0 Å². The zero-order valence-electron chi connectivity index (χ0n) is 13.4. The third-order valence-electron chi connectivity index (χ3n) is 4.43. The molecular weight excluding hydrogens is 320 g/mol. The van der Waals surface area contributed by atoms with Crippen molar-refractivity contribution >= 4 is 27.5 Å². The molecule has 1 amide bonds. The summed E-state index contributed by atoms with van der Waals surface area (Å²) in [5.41, 5.74) is 1.68. The molecule has 3 aromatic rings. The molecule has 1 saturated heterocycles. The number of ether oxygens (including phenoxy) is 1. The predicted molar refractivity (Wildman–Crippen MR) is 95.6 cm³/mol. The first kappa shape index (κ1) is 15.1. The molecule has 2 heterocycles. The Labute approximate surface area is 144 Å². The second-order valence-corrected chi connectivity index (χ2v) is 6.97. The van der Waals surface area contributed by atoms with Crippen LogP contribution in [-0.4, -0.2) is 29.4 Å². The minimum Gasteiger partial charge on any atom is -0.497 e. The van der Waals surface area contributed by atoms with Crippen LogP contribution >= 0.6 is 11.3 Å². The van der Waals surface area contributed by atoms with E-state index in [4.69, 9.17) is 9.72 Å². The van der Waals surface area contributed by atoms with E-state index in [9.17, 15) is 4.79 Å². The van der Waals surface area contributed by atoms with Crippen LogP contribution in [0.3, 0.4) is 0 Å². The van der Waals surface area contributed by atoms with Crippen molar-refractivity contribution in [2.24, 2.45) is 0 Å². The van der Waals surface area contributed by atoms with Gasteiger partial charge in [0.1, 0.15) is 10.8 Å². The van der Waals surface area contributed by atoms with Crippen molar-refractivity contribution < 1.29 is 9.53 Å². The van der Waals surface area contributed by atoms with Gasteiger partial charge in [-0.3, -0.25) is 4.79 Å². The van der Waals surface area contributed by atoms with Crippen LogP contribution < -0.4 is 4.74 Å². The second kappa shape index (κ2) is 6.24. The van der Waals surface area contributed by atoms with Gasteiger partial charge in [0.05, 0.1) is 23.4 Å². The number of nitrogens with zero attached hydrogens (tertiary/aromatic N) is 2. The predicted octanol–water partition coefficient (Wildman–Crippen LogP) is 4.28. The molecule has 1 fully saturated rings. The molecule has 5 heteroatoms. The summed E-state index contributed by atoms with van der Waals surface area (Å²) in [6.07, 6.45) is 1.98. The summed E-state index contributed by atoms with van der Waals surface area (Å²) in [6.45, 7) is 0.774. The van der Waals surface area contributed by atoms with Crippen LogP contribution in [0.1, 0.15) is 34.2 Å². The molecule has 122 valence electrons. The average molecular weight is 338 g/mol. The molecule has 1 aliphatic heterocycles. The molecule has 0 bridgehead atoms. The van der Waals surface area contributed by atoms with E-state index in [1.165, 1.54) is 4.70 Å². The molecule has 1 aliphatic rings. The van der Waals surface area contributed by atoms with E-state index in [1.54, 1.807) is 24.5 Å². The number of thiazole rings is 1. The topological polar surface area (TPSA) is 42.4 Å². The van der Waals surface area contributed by atoms with Crippen molar-refractivity contribution in [2.45, 2.75) is 18.9 Å². The molecule has 0 N–H and O–H groups in total. The fraction of sp³-hybridized carbons (Fsp3) is 0.263. The molecule has 4 nitrogen and oxygen atoms in total. The molecule has 0 spiro atoms. The number of carbonyl (C=O) groups is 1. The number of fused-ring (bicyclic) bond motifs is 1. The lowest BCUT2D eigenvalue weighted by atomic mass is 10.1. The zero-order chi connectivity index (χ0) is 16.5. The third-order valence-corrected chi connectivity index (χ3v) is 5.56. The van der Waals surface area contributed by atoms with Gasteiger partial charge in [0.15, 0.2) is 0 Å². The van der Waals surface area contributed by atoms with E-state index in [1.807, 2.05) is 41.3 Å². The van der Waals surface area contributed by atoms with Crippen molar-refractivity contribution in [2.75, 3.05) is 13.7 Å². The summed E-state index contributed by atoms with van der Waals surface area (Å²) in [5.74, 6) is 0.757. The molecule has 1 atom stereocenters. The van der Waals surface area contributed by atoms with Gasteiger partial charge in [0.2, 0.25) is 0 Å². The first-order valence-electron chi connectivity index (χ1n) is 8.07. The number of para-hydroxylation sites is 1. The number of amides is 1. The number of methoxy groups -OCH3 is 1. The number of benzene rings is 2. The Kier molecular flexibility index (Phi) is 3.94. The van der Waals surface area contributed by atoms with Gasteiger partial charge in [-0.25, -0.2) is 4.98 Å². The summed E-state index contributed by atoms with van der Waals surface area (Å²) in [5, 5.41) is 1.03. The summed E-state index contributed by atoms with van der Waals surface area (Å²) >= 11 is 1.69. The minimum atomic E-state index is 0.0515. The molecule has 24 heavy (non-hydrogen) atoms. The Morgan fingerprint density at radius 3 is 2.96 bits per heavy atom. The molecule has 2 aromatic carbocycles. The monoisotopic (exact) mass is 338 g/mol. The van der Waals surface area contributed by atoms with Crippen LogP contribution in [0.25, 0.3) is 10.2 Å². The van der Waals surface area contributed by atoms with Gasteiger partial charge in [-0.1, -0.05) is 18.2 Å². The highest BCUT2D eigenvalue weighted by atomic mass is 32.1. The van der Waals surface area contributed by atoms with E-state index in [-0.39, 0.29) is 11.9 Å². The molecular formula is C19H18N2O2S. The molecule has 4 rings (SSSR count). The summed E-state index contributed by atoms with van der Waals surface area (Å²) in [7, 11) is 1.61. The first-order chi connectivity index (χ1) is 11.8. The van der Waals surface area contributed by atoms with Gasteiger partial charge in [-0.15, -0.1) is 11.3 Å². The van der Waals surface area contributed by atoms with Gasteiger partial charge in [0, 0.05) is 12.1 Å². The maximum Gasteiger partial charge on any atom is 0.254 e. The van der Waals surface area contributed by atoms with Crippen molar-refractivity contribution in [1.29, 1.82) is 0 Å². The third kappa shape index (κ3) is 2.65. The maximum absolute atomic E-state index is 13.0. The second-order valence-electron chi connectivity index (χ2n) is 5.91. The van der Waals surface area contributed by atoms with Crippen LogP contribution in [0.15, 0.2) is 48.5 Å². The highest BCUT2D eigenvalue weighted by molar-refractivity contribution is 7.18.